The van der Waals surface area contributed by atoms with Crippen molar-refractivity contribution < 1.29 is 0 Å². The number of benzene rings is 2. The van der Waals surface area contributed by atoms with Gasteiger partial charge in [0.15, 0.2) is 0 Å². The maximum absolute atomic E-state index is 6.00. The molecule has 114 valence electrons. The number of anilines is 1. The fourth-order valence-corrected chi connectivity index (χ4v) is 3.02. The maximum Gasteiger partial charge on any atom is 0.226 e. The zero-order valence-electron chi connectivity index (χ0n) is 11.9. The van der Waals surface area contributed by atoms with E-state index in [9.17, 15) is 0 Å². The van der Waals surface area contributed by atoms with Gasteiger partial charge in [-0.2, -0.15) is 10.1 Å². The van der Waals surface area contributed by atoms with E-state index < -0.39 is 0 Å². The Morgan fingerprint density at radius 3 is 2.52 bits per heavy atom. The summed E-state index contributed by atoms with van der Waals surface area (Å²) in [5.74, 6) is 0.727. The molecule has 2 aromatic carbocycles. The van der Waals surface area contributed by atoms with Gasteiger partial charge in [-0.3, -0.25) is 0 Å². The van der Waals surface area contributed by atoms with Gasteiger partial charge >= 0.3 is 0 Å². The molecule has 1 aliphatic rings. The SMILES string of the molecule is Clc1ccc(C2C=C(c3ccc(Br)cc3)Nc3ncnn32)cc1. The molecule has 23 heavy (non-hydrogen) atoms. The van der Waals surface area contributed by atoms with Crippen molar-refractivity contribution in [3.63, 3.8) is 0 Å². The van der Waals surface area contributed by atoms with Crippen LogP contribution in [-0.4, -0.2) is 14.8 Å². The fourth-order valence-electron chi connectivity index (χ4n) is 2.63. The molecule has 0 saturated heterocycles. The molecule has 0 saturated carbocycles. The third kappa shape index (κ3) is 2.78. The maximum atomic E-state index is 6.00. The number of rotatable bonds is 2. The normalized spacial score (nSPS) is 16.4. The minimum atomic E-state index is -0.0235. The van der Waals surface area contributed by atoms with Gasteiger partial charge in [-0.05, 0) is 41.5 Å². The molecule has 0 amide bonds. The number of hydrogen-bond donors (Lipinski definition) is 1. The second-order valence-corrected chi connectivity index (χ2v) is 6.59. The minimum absolute atomic E-state index is 0.0235. The van der Waals surface area contributed by atoms with Crippen molar-refractivity contribution in [3.8, 4) is 0 Å². The fraction of sp³-hybridized carbons (Fsp3) is 0.0588. The minimum Gasteiger partial charge on any atom is -0.324 e. The van der Waals surface area contributed by atoms with Crippen LogP contribution in [-0.2, 0) is 0 Å². The van der Waals surface area contributed by atoms with Crippen LogP contribution in [0, 0.1) is 0 Å². The molecule has 0 spiro atoms. The molecule has 0 bridgehead atoms. The number of fused-ring (bicyclic) bond motifs is 1. The molecule has 3 aromatic rings. The third-order valence-corrected chi connectivity index (χ3v) is 4.55. The van der Waals surface area contributed by atoms with Crippen molar-refractivity contribution in [1.82, 2.24) is 14.8 Å². The summed E-state index contributed by atoms with van der Waals surface area (Å²) in [6, 6.07) is 16.0. The lowest BCUT2D eigenvalue weighted by Crippen LogP contribution is -2.20. The van der Waals surface area contributed by atoms with Crippen molar-refractivity contribution in [2.45, 2.75) is 6.04 Å². The van der Waals surface area contributed by atoms with E-state index in [-0.39, 0.29) is 6.04 Å². The van der Waals surface area contributed by atoms with Crippen molar-refractivity contribution >= 4 is 39.2 Å². The zero-order valence-corrected chi connectivity index (χ0v) is 14.3. The molecule has 0 radical (unpaired) electrons. The van der Waals surface area contributed by atoms with Crippen LogP contribution >= 0.6 is 27.5 Å². The van der Waals surface area contributed by atoms with Crippen molar-refractivity contribution in [2.24, 2.45) is 0 Å². The van der Waals surface area contributed by atoms with Crippen LogP contribution in [0.15, 0.2) is 65.4 Å². The van der Waals surface area contributed by atoms with E-state index in [0.29, 0.717) is 0 Å². The highest BCUT2D eigenvalue weighted by molar-refractivity contribution is 9.10. The lowest BCUT2D eigenvalue weighted by atomic mass is 10.0. The molecular weight excluding hydrogens is 376 g/mol. The van der Waals surface area contributed by atoms with Crippen LogP contribution in [0.4, 0.5) is 5.95 Å². The van der Waals surface area contributed by atoms with Crippen LogP contribution in [0.5, 0.6) is 0 Å². The van der Waals surface area contributed by atoms with Crippen molar-refractivity contribution in [3.05, 3.63) is 81.6 Å². The Hall–Kier alpha value is -2.11. The van der Waals surface area contributed by atoms with Crippen LogP contribution in [0.2, 0.25) is 5.02 Å². The summed E-state index contributed by atoms with van der Waals surface area (Å²) in [4.78, 5) is 4.31. The second kappa shape index (κ2) is 5.83. The van der Waals surface area contributed by atoms with Crippen LogP contribution < -0.4 is 5.32 Å². The first-order valence-corrected chi connectivity index (χ1v) is 8.27. The van der Waals surface area contributed by atoms with Gasteiger partial charge in [0.1, 0.15) is 12.4 Å². The Morgan fingerprint density at radius 1 is 1.04 bits per heavy atom. The van der Waals surface area contributed by atoms with Gasteiger partial charge in [0.05, 0.1) is 0 Å². The largest absolute Gasteiger partial charge is 0.324 e. The Morgan fingerprint density at radius 2 is 1.78 bits per heavy atom. The Kier molecular flexibility index (Phi) is 3.67. The van der Waals surface area contributed by atoms with Crippen LogP contribution in [0.1, 0.15) is 17.2 Å². The van der Waals surface area contributed by atoms with E-state index in [0.717, 1.165) is 32.3 Å². The van der Waals surface area contributed by atoms with Crippen molar-refractivity contribution in [2.75, 3.05) is 5.32 Å². The van der Waals surface area contributed by atoms with Crippen LogP contribution in [0.25, 0.3) is 5.70 Å². The quantitative estimate of drug-likeness (QED) is 0.690. The first-order chi connectivity index (χ1) is 11.2. The number of nitrogens with zero attached hydrogens (tertiary/aromatic N) is 3. The topological polar surface area (TPSA) is 42.7 Å². The summed E-state index contributed by atoms with van der Waals surface area (Å²) < 4.78 is 2.92. The summed E-state index contributed by atoms with van der Waals surface area (Å²) >= 11 is 9.47. The van der Waals surface area contributed by atoms with E-state index in [1.807, 2.05) is 41.1 Å². The molecule has 2 heterocycles. The Bertz CT molecular complexity index is 868. The molecule has 1 atom stereocenters. The van der Waals surface area contributed by atoms with Gasteiger partial charge in [0.2, 0.25) is 5.95 Å². The number of halogens is 2. The summed E-state index contributed by atoms with van der Waals surface area (Å²) in [6.07, 6.45) is 3.71. The number of allylic oxidation sites excluding steroid dienone is 1. The van der Waals surface area contributed by atoms with E-state index in [1.54, 1.807) is 6.33 Å². The average Bonchev–Trinajstić information content (AvgIpc) is 3.04. The highest BCUT2D eigenvalue weighted by Gasteiger charge is 2.23. The summed E-state index contributed by atoms with van der Waals surface area (Å²) in [5, 5.41) is 8.39. The lowest BCUT2D eigenvalue weighted by Gasteiger charge is -2.24. The molecule has 0 fully saturated rings. The monoisotopic (exact) mass is 386 g/mol. The Balaban J connectivity index is 1.79. The third-order valence-electron chi connectivity index (χ3n) is 3.77. The van der Waals surface area contributed by atoms with Gasteiger partial charge in [0, 0.05) is 15.2 Å². The molecule has 1 N–H and O–H groups in total. The predicted molar refractivity (Wildman–Crippen MR) is 95.4 cm³/mol. The first-order valence-electron chi connectivity index (χ1n) is 7.10. The summed E-state index contributed by atoms with van der Waals surface area (Å²) in [7, 11) is 0. The lowest BCUT2D eigenvalue weighted by molar-refractivity contribution is 0.612. The zero-order chi connectivity index (χ0) is 15.8. The molecule has 0 aliphatic carbocycles. The van der Waals surface area contributed by atoms with Gasteiger partial charge in [0.25, 0.3) is 0 Å². The standard InChI is InChI=1S/C17H12BrClN4/c18-13-5-1-11(2-6-13)15-9-16(12-3-7-14(19)8-4-12)23-17(22-15)20-10-21-23/h1-10,16H,(H,20,21,22). The van der Waals surface area contributed by atoms with E-state index in [4.69, 9.17) is 11.6 Å². The van der Waals surface area contributed by atoms with E-state index >= 15 is 0 Å². The molecule has 1 aliphatic heterocycles. The Labute approximate surface area is 146 Å². The molecular formula is C17H12BrClN4. The van der Waals surface area contributed by atoms with E-state index in [1.165, 1.54) is 0 Å². The van der Waals surface area contributed by atoms with Gasteiger partial charge in [-0.15, -0.1) is 0 Å². The molecule has 4 nitrogen and oxygen atoms in total. The van der Waals surface area contributed by atoms with Gasteiger partial charge in [-0.1, -0.05) is 51.8 Å². The molecule has 1 unspecified atom stereocenters. The predicted octanol–water partition coefficient (Wildman–Crippen LogP) is 4.75. The molecule has 1 aromatic heterocycles. The number of hydrogen-bond acceptors (Lipinski definition) is 3. The number of aromatic nitrogens is 3. The number of nitrogens with one attached hydrogen (secondary N) is 1. The highest BCUT2D eigenvalue weighted by atomic mass is 79.9. The highest BCUT2D eigenvalue weighted by Crippen LogP contribution is 2.32. The molecule has 4 rings (SSSR count). The summed E-state index contributed by atoms with van der Waals surface area (Å²) in [6.45, 7) is 0. The van der Waals surface area contributed by atoms with Crippen LogP contribution in [0.3, 0.4) is 0 Å². The van der Waals surface area contributed by atoms with Gasteiger partial charge in [-0.25, -0.2) is 4.68 Å². The molecule has 6 heteroatoms. The average molecular weight is 388 g/mol. The smallest absolute Gasteiger partial charge is 0.226 e. The van der Waals surface area contributed by atoms with E-state index in [2.05, 4.69) is 49.5 Å². The van der Waals surface area contributed by atoms with Gasteiger partial charge < -0.3 is 5.32 Å². The van der Waals surface area contributed by atoms with Crippen molar-refractivity contribution in [1.29, 1.82) is 0 Å². The first kappa shape index (κ1) is 14.5. The summed E-state index contributed by atoms with van der Waals surface area (Å²) in [5.41, 5.74) is 3.22. The second-order valence-electron chi connectivity index (χ2n) is 5.24.